The molecule has 2 rings (SSSR count). The van der Waals surface area contributed by atoms with E-state index in [2.05, 4.69) is 21.2 Å². The summed E-state index contributed by atoms with van der Waals surface area (Å²) in [6.07, 6.45) is 2.34. The number of carbonyl (C=O) groups excluding carboxylic acids is 2. The Labute approximate surface area is 216 Å². The van der Waals surface area contributed by atoms with Crippen LogP contribution in [0.3, 0.4) is 0 Å². The van der Waals surface area contributed by atoms with Crippen LogP contribution in [0.4, 0.5) is 5.69 Å². The first kappa shape index (κ1) is 28.6. The van der Waals surface area contributed by atoms with Crippen molar-refractivity contribution in [3.05, 3.63) is 58.6 Å². The first-order valence-corrected chi connectivity index (χ1v) is 14.1. The van der Waals surface area contributed by atoms with Crippen LogP contribution in [0.1, 0.15) is 38.7 Å². The number of amides is 2. The summed E-state index contributed by atoms with van der Waals surface area (Å²) in [5.74, 6) is 0.194. The molecule has 0 saturated carbocycles. The minimum absolute atomic E-state index is 0.101. The third-order valence-electron chi connectivity index (χ3n) is 5.50. The molecule has 2 amide bonds. The molecule has 0 heterocycles. The van der Waals surface area contributed by atoms with E-state index in [-0.39, 0.29) is 31.3 Å². The molecule has 2 aromatic carbocycles. The third kappa shape index (κ3) is 8.85. The van der Waals surface area contributed by atoms with Gasteiger partial charge >= 0.3 is 0 Å². The highest BCUT2D eigenvalue weighted by atomic mass is 79.9. The van der Waals surface area contributed by atoms with Gasteiger partial charge in [0.1, 0.15) is 11.8 Å². The molecule has 35 heavy (non-hydrogen) atoms. The number of rotatable bonds is 13. The van der Waals surface area contributed by atoms with E-state index in [1.54, 1.807) is 43.2 Å². The average molecular weight is 569 g/mol. The Morgan fingerprint density at radius 1 is 1.09 bits per heavy atom. The number of ether oxygens (including phenoxy) is 1. The largest absolute Gasteiger partial charge is 0.497 e. The van der Waals surface area contributed by atoms with E-state index in [1.165, 1.54) is 4.31 Å². The fraction of sp³-hybridized carbons (Fsp3) is 0.440. The third-order valence-corrected chi connectivity index (χ3v) is 7.22. The van der Waals surface area contributed by atoms with Crippen molar-refractivity contribution in [2.45, 2.75) is 45.7 Å². The lowest BCUT2D eigenvalue weighted by molar-refractivity contribution is -0.140. The van der Waals surface area contributed by atoms with Crippen LogP contribution in [0.15, 0.2) is 53.0 Å². The number of sulfonamides is 1. The molecular weight excluding hydrogens is 534 g/mol. The van der Waals surface area contributed by atoms with Gasteiger partial charge in [0, 0.05) is 30.5 Å². The number of hydrogen-bond donors (Lipinski definition) is 1. The van der Waals surface area contributed by atoms with E-state index in [4.69, 9.17) is 4.74 Å². The van der Waals surface area contributed by atoms with Gasteiger partial charge in [-0.25, -0.2) is 8.42 Å². The van der Waals surface area contributed by atoms with Crippen LogP contribution in [0.2, 0.25) is 0 Å². The molecule has 0 unspecified atom stereocenters. The number of benzene rings is 2. The van der Waals surface area contributed by atoms with Crippen molar-refractivity contribution >= 4 is 43.5 Å². The van der Waals surface area contributed by atoms with Gasteiger partial charge in [-0.1, -0.05) is 35.0 Å². The molecule has 0 bridgehead atoms. The lowest BCUT2D eigenvalue weighted by atomic mass is 10.1. The summed E-state index contributed by atoms with van der Waals surface area (Å²) in [6, 6.07) is 13.6. The van der Waals surface area contributed by atoms with Gasteiger partial charge in [0.2, 0.25) is 21.8 Å². The summed E-state index contributed by atoms with van der Waals surface area (Å²) in [5.41, 5.74) is 1.40. The maximum atomic E-state index is 13.2. The second kappa shape index (κ2) is 13.5. The maximum absolute atomic E-state index is 13.2. The Kier molecular flexibility index (Phi) is 11.0. The fourth-order valence-corrected chi connectivity index (χ4v) is 4.75. The van der Waals surface area contributed by atoms with Crippen LogP contribution in [-0.2, 0) is 26.2 Å². The van der Waals surface area contributed by atoms with E-state index in [0.717, 1.165) is 22.7 Å². The Balaban J connectivity index is 2.14. The SMILES string of the molecule is CCCNC(=O)[C@H](C)N(Cc1ccc(Br)cc1)C(=O)CCCN(c1ccc(OC)cc1)S(C)(=O)=O. The Morgan fingerprint density at radius 2 is 1.71 bits per heavy atom. The van der Waals surface area contributed by atoms with Crippen LogP contribution in [0.25, 0.3) is 0 Å². The summed E-state index contributed by atoms with van der Waals surface area (Å²) in [7, 11) is -2.01. The number of nitrogens with zero attached hydrogens (tertiary/aromatic N) is 2. The lowest BCUT2D eigenvalue weighted by Crippen LogP contribution is -2.47. The standard InChI is InChI=1S/C25H34BrN3O5S/c1-5-16-27-25(31)19(2)28(18-20-8-10-21(26)11-9-20)24(30)7-6-17-29(35(4,32)33)22-12-14-23(34-3)15-13-22/h8-15,19H,5-7,16-18H2,1-4H3,(H,27,31)/t19-/m0/s1. The highest BCUT2D eigenvalue weighted by Crippen LogP contribution is 2.22. The average Bonchev–Trinajstić information content (AvgIpc) is 2.83. The Morgan fingerprint density at radius 3 is 2.26 bits per heavy atom. The lowest BCUT2D eigenvalue weighted by Gasteiger charge is -2.29. The van der Waals surface area contributed by atoms with Gasteiger partial charge in [-0.3, -0.25) is 13.9 Å². The molecule has 0 saturated heterocycles. The van der Waals surface area contributed by atoms with Gasteiger partial charge in [-0.15, -0.1) is 0 Å². The first-order chi connectivity index (χ1) is 16.6. The van der Waals surface area contributed by atoms with E-state index >= 15 is 0 Å². The summed E-state index contributed by atoms with van der Waals surface area (Å²) >= 11 is 3.41. The molecule has 0 radical (unpaired) electrons. The summed E-state index contributed by atoms with van der Waals surface area (Å²) < 4.78 is 32.1. The molecule has 192 valence electrons. The van der Waals surface area contributed by atoms with Crippen LogP contribution < -0.4 is 14.4 Å². The zero-order chi connectivity index (χ0) is 26.0. The number of halogens is 1. The molecule has 0 aliphatic rings. The smallest absolute Gasteiger partial charge is 0.242 e. The number of nitrogens with one attached hydrogen (secondary N) is 1. The zero-order valence-electron chi connectivity index (χ0n) is 20.7. The summed E-state index contributed by atoms with van der Waals surface area (Å²) in [6.45, 7) is 4.63. The van der Waals surface area contributed by atoms with Crippen LogP contribution in [0, 0.1) is 0 Å². The van der Waals surface area contributed by atoms with Crippen molar-refractivity contribution in [1.29, 1.82) is 0 Å². The van der Waals surface area contributed by atoms with Crippen molar-refractivity contribution < 1.29 is 22.7 Å². The number of hydrogen-bond acceptors (Lipinski definition) is 5. The van der Waals surface area contributed by atoms with E-state index < -0.39 is 16.1 Å². The second-order valence-electron chi connectivity index (χ2n) is 8.25. The molecule has 1 N–H and O–H groups in total. The van der Waals surface area contributed by atoms with E-state index in [1.807, 2.05) is 31.2 Å². The molecule has 8 nitrogen and oxygen atoms in total. The minimum Gasteiger partial charge on any atom is -0.497 e. The van der Waals surface area contributed by atoms with Crippen molar-refractivity contribution in [1.82, 2.24) is 10.2 Å². The normalized spacial score (nSPS) is 12.0. The van der Waals surface area contributed by atoms with Crippen molar-refractivity contribution in [3.63, 3.8) is 0 Å². The zero-order valence-corrected chi connectivity index (χ0v) is 23.1. The molecule has 0 fully saturated rings. The van der Waals surface area contributed by atoms with Gasteiger partial charge < -0.3 is 15.0 Å². The predicted molar refractivity (Wildman–Crippen MR) is 142 cm³/mol. The van der Waals surface area contributed by atoms with E-state index in [0.29, 0.717) is 24.4 Å². The van der Waals surface area contributed by atoms with Gasteiger partial charge in [-0.2, -0.15) is 0 Å². The maximum Gasteiger partial charge on any atom is 0.242 e. The van der Waals surface area contributed by atoms with Crippen LogP contribution >= 0.6 is 15.9 Å². The molecular formula is C25H34BrN3O5S. The number of anilines is 1. The van der Waals surface area contributed by atoms with Crippen LogP contribution in [0.5, 0.6) is 5.75 Å². The Bertz CT molecular complexity index is 1080. The van der Waals surface area contributed by atoms with Gasteiger partial charge in [0.05, 0.1) is 19.1 Å². The monoisotopic (exact) mass is 567 g/mol. The molecule has 1 atom stereocenters. The van der Waals surface area contributed by atoms with E-state index in [9.17, 15) is 18.0 Å². The predicted octanol–water partition coefficient (Wildman–Crippen LogP) is 3.95. The minimum atomic E-state index is -3.55. The van der Waals surface area contributed by atoms with Crippen LogP contribution in [-0.4, -0.2) is 57.6 Å². The molecule has 2 aromatic rings. The summed E-state index contributed by atoms with van der Waals surface area (Å²) in [5, 5.41) is 2.85. The molecule has 0 aliphatic carbocycles. The highest BCUT2D eigenvalue weighted by molar-refractivity contribution is 9.10. The van der Waals surface area contributed by atoms with Crippen molar-refractivity contribution in [2.24, 2.45) is 0 Å². The van der Waals surface area contributed by atoms with Gasteiger partial charge in [0.15, 0.2) is 0 Å². The van der Waals surface area contributed by atoms with Gasteiger partial charge in [0.25, 0.3) is 0 Å². The summed E-state index contributed by atoms with van der Waals surface area (Å²) in [4.78, 5) is 27.4. The van der Waals surface area contributed by atoms with Crippen molar-refractivity contribution in [2.75, 3.05) is 30.8 Å². The number of carbonyl (C=O) groups is 2. The van der Waals surface area contributed by atoms with Gasteiger partial charge in [-0.05, 0) is 61.7 Å². The molecule has 0 aliphatic heterocycles. The molecule has 0 aromatic heterocycles. The fourth-order valence-electron chi connectivity index (χ4n) is 3.52. The topological polar surface area (TPSA) is 96.0 Å². The first-order valence-electron chi connectivity index (χ1n) is 11.5. The van der Waals surface area contributed by atoms with Crippen molar-refractivity contribution in [3.8, 4) is 5.75 Å². The molecule has 0 spiro atoms. The Hall–Kier alpha value is -2.59. The number of methoxy groups -OCH3 is 1. The highest BCUT2D eigenvalue weighted by Gasteiger charge is 2.26. The quantitative estimate of drug-likeness (QED) is 0.395. The second-order valence-corrected chi connectivity index (χ2v) is 11.1. The molecule has 10 heteroatoms.